The van der Waals surface area contributed by atoms with Gasteiger partial charge in [0, 0.05) is 34.4 Å². The molecule has 3 nitrogen and oxygen atoms in total. The molecule has 2 atom stereocenters. The van der Waals surface area contributed by atoms with E-state index in [1.54, 1.807) is 12.3 Å². The summed E-state index contributed by atoms with van der Waals surface area (Å²) in [5.41, 5.74) is 7.05. The molecule has 0 radical (unpaired) electrons. The van der Waals surface area contributed by atoms with E-state index in [1.165, 1.54) is 0 Å². The summed E-state index contributed by atoms with van der Waals surface area (Å²) in [7, 11) is -0.834. The fourth-order valence-electron chi connectivity index (χ4n) is 1.44. The second-order valence-electron chi connectivity index (χ2n) is 3.84. The number of halogens is 1. The van der Waals surface area contributed by atoms with Gasteiger partial charge in [0.1, 0.15) is 4.99 Å². The predicted octanol–water partition coefficient (Wildman–Crippen LogP) is 2.15. The van der Waals surface area contributed by atoms with Crippen molar-refractivity contribution >= 4 is 45.3 Å². The van der Waals surface area contributed by atoms with Crippen LogP contribution in [-0.2, 0) is 10.8 Å². The van der Waals surface area contributed by atoms with Crippen molar-refractivity contribution in [2.75, 3.05) is 17.3 Å². The van der Waals surface area contributed by atoms with Crippen LogP contribution in [0.4, 0.5) is 5.69 Å². The lowest BCUT2D eigenvalue weighted by atomic mass is 10.2. The lowest BCUT2D eigenvalue weighted by molar-refractivity contribution is 0.683. The van der Waals surface area contributed by atoms with Crippen molar-refractivity contribution in [2.45, 2.75) is 13.0 Å². The van der Waals surface area contributed by atoms with Crippen molar-refractivity contribution in [2.24, 2.45) is 5.73 Å². The van der Waals surface area contributed by atoms with Gasteiger partial charge in [-0.15, -0.1) is 0 Å². The van der Waals surface area contributed by atoms with Crippen molar-refractivity contribution in [3.8, 4) is 0 Å². The highest BCUT2D eigenvalue weighted by atomic mass is 35.5. The fraction of sp³-hybridized carbons (Fsp3) is 0.364. The highest BCUT2D eigenvalue weighted by Crippen LogP contribution is 2.23. The van der Waals surface area contributed by atoms with Crippen LogP contribution in [0.1, 0.15) is 12.5 Å². The number of hydrogen-bond donors (Lipinski definition) is 2. The molecule has 0 saturated carbocycles. The molecule has 1 aromatic carbocycles. The Morgan fingerprint density at radius 2 is 2.29 bits per heavy atom. The second kappa shape index (κ2) is 6.33. The number of anilines is 1. The third-order valence-electron chi connectivity index (χ3n) is 2.14. The van der Waals surface area contributed by atoms with Gasteiger partial charge in [-0.1, -0.05) is 23.8 Å². The molecule has 6 heteroatoms. The van der Waals surface area contributed by atoms with Crippen molar-refractivity contribution in [1.29, 1.82) is 0 Å². The van der Waals surface area contributed by atoms with Crippen LogP contribution in [0.3, 0.4) is 0 Å². The summed E-state index contributed by atoms with van der Waals surface area (Å²) in [6, 6.07) is 5.45. The summed E-state index contributed by atoms with van der Waals surface area (Å²) in [6.07, 6.45) is 1.68. The number of hydrogen-bond acceptors (Lipinski definition) is 3. The van der Waals surface area contributed by atoms with Crippen LogP contribution in [0.2, 0.25) is 5.02 Å². The van der Waals surface area contributed by atoms with Gasteiger partial charge in [-0.25, -0.2) is 0 Å². The Hall–Kier alpha value is -0.650. The lowest BCUT2D eigenvalue weighted by Crippen LogP contribution is -2.22. The molecule has 0 aliphatic rings. The van der Waals surface area contributed by atoms with Crippen molar-refractivity contribution in [1.82, 2.24) is 0 Å². The molecule has 0 bridgehead atoms. The number of nitrogens with one attached hydrogen (secondary N) is 1. The molecule has 0 spiro atoms. The molecular weight excluding hydrogens is 276 g/mol. The Labute approximate surface area is 114 Å². The average molecular weight is 291 g/mol. The van der Waals surface area contributed by atoms with Crippen LogP contribution >= 0.6 is 23.8 Å². The molecule has 0 aliphatic heterocycles. The van der Waals surface area contributed by atoms with Crippen LogP contribution in [0.25, 0.3) is 0 Å². The van der Waals surface area contributed by atoms with E-state index in [-0.39, 0.29) is 6.04 Å². The maximum atomic E-state index is 11.1. The van der Waals surface area contributed by atoms with Gasteiger partial charge in [-0.2, -0.15) is 0 Å². The van der Waals surface area contributed by atoms with Crippen LogP contribution in [0, 0.1) is 0 Å². The first-order valence-electron chi connectivity index (χ1n) is 5.06. The van der Waals surface area contributed by atoms with Crippen molar-refractivity contribution in [3.63, 3.8) is 0 Å². The lowest BCUT2D eigenvalue weighted by Gasteiger charge is -2.15. The molecule has 0 aromatic heterocycles. The Morgan fingerprint density at radius 1 is 1.65 bits per heavy atom. The first-order chi connectivity index (χ1) is 7.90. The monoisotopic (exact) mass is 290 g/mol. The van der Waals surface area contributed by atoms with E-state index in [4.69, 9.17) is 29.6 Å². The van der Waals surface area contributed by atoms with E-state index in [0.29, 0.717) is 15.8 Å². The van der Waals surface area contributed by atoms with Crippen LogP contribution < -0.4 is 11.1 Å². The summed E-state index contributed by atoms with van der Waals surface area (Å²) >= 11 is 11.0. The minimum Gasteiger partial charge on any atom is -0.389 e. The number of benzene rings is 1. The van der Waals surface area contributed by atoms with E-state index >= 15 is 0 Å². The van der Waals surface area contributed by atoms with Crippen molar-refractivity contribution < 1.29 is 4.21 Å². The fourth-order valence-corrected chi connectivity index (χ4v) is 2.59. The van der Waals surface area contributed by atoms with E-state index in [0.717, 1.165) is 11.3 Å². The van der Waals surface area contributed by atoms with Gasteiger partial charge in [-0.05, 0) is 25.1 Å². The first kappa shape index (κ1) is 14.4. The minimum atomic E-state index is -0.834. The summed E-state index contributed by atoms with van der Waals surface area (Å²) in [5.74, 6) is 0.577. The molecule has 0 saturated heterocycles. The SMILES string of the molecule is CC(CS(C)=O)Nc1ccc(C(N)=S)cc1Cl. The second-order valence-corrected chi connectivity index (χ2v) is 6.17. The van der Waals surface area contributed by atoms with E-state index in [2.05, 4.69) is 5.32 Å². The topological polar surface area (TPSA) is 55.1 Å². The maximum Gasteiger partial charge on any atom is 0.104 e. The van der Waals surface area contributed by atoms with Gasteiger partial charge in [-0.3, -0.25) is 4.21 Å². The molecule has 17 heavy (non-hydrogen) atoms. The molecule has 0 heterocycles. The van der Waals surface area contributed by atoms with Gasteiger partial charge < -0.3 is 11.1 Å². The normalized spacial score (nSPS) is 14.1. The van der Waals surface area contributed by atoms with E-state index < -0.39 is 10.8 Å². The number of rotatable bonds is 5. The molecular formula is C11H15ClN2OS2. The molecule has 1 aromatic rings. The summed E-state index contributed by atoms with van der Waals surface area (Å²) in [5, 5.41) is 3.76. The van der Waals surface area contributed by atoms with Gasteiger partial charge in [0.15, 0.2) is 0 Å². The zero-order chi connectivity index (χ0) is 13.0. The van der Waals surface area contributed by atoms with Gasteiger partial charge in [0.25, 0.3) is 0 Å². The van der Waals surface area contributed by atoms with E-state index in [1.807, 2.05) is 19.1 Å². The van der Waals surface area contributed by atoms with Gasteiger partial charge >= 0.3 is 0 Å². The predicted molar refractivity (Wildman–Crippen MR) is 79.4 cm³/mol. The molecule has 0 fully saturated rings. The summed E-state index contributed by atoms with van der Waals surface area (Å²) < 4.78 is 11.1. The third-order valence-corrected chi connectivity index (χ3v) is 3.66. The number of thiocarbonyl (C=S) groups is 1. The van der Waals surface area contributed by atoms with Crippen LogP contribution in [-0.4, -0.2) is 27.2 Å². The Kier molecular flexibility index (Phi) is 5.36. The highest BCUT2D eigenvalue weighted by Gasteiger charge is 2.08. The van der Waals surface area contributed by atoms with Crippen LogP contribution in [0.15, 0.2) is 18.2 Å². The summed E-state index contributed by atoms with van der Waals surface area (Å²) in [6.45, 7) is 1.96. The standard InChI is InChI=1S/C11H15ClN2OS2/c1-7(6-17(2)15)14-10-4-3-8(11(13)16)5-9(10)12/h3-5,7,14H,6H2,1-2H3,(H2,13,16). The maximum absolute atomic E-state index is 11.1. The molecule has 94 valence electrons. The Balaban J connectivity index is 2.79. The highest BCUT2D eigenvalue weighted by molar-refractivity contribution is 7.84. The molecule has 0 aliphatic carbocycles. The molecule has 1 rings (SSSR count). The molecule has 3 N–H and O–H groups in total. The third kappa shape index (κ3) is 4.61. The average Bonchev–Trinajstić information content (AvgIpc) is 2.19. The van der Waals surface area contributed by atoms with Crippen molar-refractivity contribution in [3.05, 3.63) is 28.8 Å². The number of nitrogens with two attached hydrogens (primary N) is 1. The van der Waals surface area contributed by atoms with Crippen LogP contribution in [0.5, 0.6) is 0 Å². The summed E-state index contributed by atoms with van der Waals surface area (Å²) in [4.78, 5) is 0.321. The Bertz CT molecular complexity index is 451. The largest absolute Gasteiger partial charge is 0.389 e. The quantitative estimate of drug-likeness (QED) is 0.816. The van der Waals surface area contributed by atoms with Gasteiger partial charge in [0.05, 0.1) is 10.7 Å². The Morgan fingerprint density at radius 3 is 2.76 bits per heavy atom. The molecule has 2 unspecified atom stereocenters. The first-order valence-corrected chi connectivity index (χ1v) is 7.57. The minimum absolute atomic E-state index is 0.0917. The zero-order valence-corrected chi connectivity index (χ0v) is 12.1. The smallest absolute Gasteiger partial charge is 0.104 e. The molecule has 0 amide bonds. The van der Waals surface area contributed by atoms with Gasteiger partial charge in [0.2, 0.25) is 0 Å². The zero-order valence-electron chi connectivity index (χ0n) is 9.70. The van der Waals surface area contributed by atoms with E-state index in [9.17, 15) is 4.21 Å².